The quantitative estimate of drug-likeness (QED) is 0.754. The van der Waals surface area contributed by atoms with Gasteiger partial charge in [0.05, 0.1) is 19.8 Å². The molecule has 1 unspecified atom stereocenters. The molecule has 1 aromatic carbocycles. The molecule has 2 aromatic rings. The van der Waals surface area contributed by atoms with Crippen LogP contribution in [0.25, 0.3) is 0 Å². The van der Waals surface area contributed by atoms with Crippen LogP contribution in [0.2, 0.25) is 0 Å². The highest BCUT2D eigenvalue weighted by atomic mass is 16.7. The van der Waals surface area contributed by atoms with Gasteiger partial charge in [0.25, 0.3) is 0 Å². The fourth-order valence-corrected chi connectivity index (χ4v) is 3.57. The van der Waals surface area contributed by atoms with Gasteiger partial charge in [0.2, 0.25) is 6.79 Å². The van der Waals surface area contributed by atoms with Crippen molar-refractivity contribution in [1.29, 1.82) is 0 Å². The van der Waals surface area contributed by atoms with E-state index in [2.05, 4.69) is 4.90 Å². The number of furan rings is 1. The summed E-state index contributed by atoms with van der Waals surface area (Å²) in [4.78, 5) is 2.34. The van der Waals surface area contributed by atoms with Crippen molar-refractivity contribution < 1.29 is 23.4 Å². The molecule has 0 radical (unpaired) electrons. The Kier molecular flexibility index (Phi) is 5.04. The van der Waals surface area contributed by atoms with Crippen LogP contribution in [0, 0.1) is 6.92 Å². The van der Waals surface area contributed by atoms with E-state index >= 15 is 0 Å². The zero-order chi connectivity index (χ0) is 17.9. The highest BCUT2D eigenvalue weighted by Crippen LogP contribution is 2.38. The van der Waals surface area contributed by atoms with E-state index in [9.17, 15) is 0 Å². The highest BCUT2D eigenvalue weighted by molar-refractivity contribution is 5.51. The van der Waals surface area contributed by atoms with Gasteiger partial charge in [-0.15, -0.1) is 0 Å². The Labute approximate surface area is 153 Å². The van der Waals surface area contributed by atoms with Crippen molar-refractivity contribution in [2.75, 3.05) is 27.1 Å². The Balaban J connectivity index is 1.55. The van der Waals surface area contributed by atoms with Gasteiger partial charge in [-0.05, 0) is 38.0 Å². The zero-order valence-corrected chi connectivity index (χ0v) is 15.3. The molecule has 1 saturated heterocycles. The van der Waals surface area contributed by atoms with Crippen LogP contribution in [-0.2, 0) is 17.8 Å². The summed E-state index contributed by atoms with van der Waals surface area (Å²) in [5.41, 5.74) is 1.07. The first-order valence-electron chi connectivity index (χ1n) is 9.07. The minimum absolute atomic E-state index is 0.257. The van der Waals surface area contributed by atoms with E-state index < -0.39 is 0 Å². The molecular formula is C20H25NO5. The minimum Gasteiger partial charge on any atom is -0.496 e. The second-order valence-corrected chi connectivity index (χ2v) is 6.83. The summed E-state index contributed by atoms with van der Waals surface area (Å²) < 4.78 is 28.2. The normalized spacial score (nSPS) is 18.7. The Morgan fingerprint density at radius 1 is 1.15 bits per heavy atom. The predicted octanol–water partition coefficient (Wildman–Crippen LogP) is 3.51. The van der Waals surface area contributed by atoms with E-state index in [0.717, 1.165) is 73.4 Å². The third kappa shape index (κ3) is 3.81. The molecule has 6 heteroatoms. The average Bonchev–Trinajstić information content (AvgIpc) is 3.36. The summed E-state index contributed by atoms with van der Waals surface area (Å²) in [7, 11) is 1.68. The molecule has 3 heterocycles. The van der Waals surface area contributed by atoms with Gasteiger partial charge in [-0.1, -0.05) is 0 Å². The molecule has 0 saturated carbocycles. The summed E-state index contributed by atoms with van der Waals surface area (Å²) in [5, 5.41) is 0. The van der Waals surface area contributed by atoms with Gasteiger partial charge in [0.15, 0.2) is 11.5 Å². The van der Waals surface area contributed by atoms with Gasteiger partial charge in [-0.2, -0.15) is 0 Å². The average molecular weight is 359 g/mol. The molecule has 4 rings (SSSR count). The molecule has 2 aliphatic rings. The number of hydrogen-bond donors (Lipinski definition) is 0. The van der Waals surface area contributed by atoms with Gasteiger partial charge >= 0.3 is 0 Å². The maximum absolute atomic E-state index is 5.85. The first-order valence-corrected chi connectivity index (χ1v) is 9.07. The number of rotatable bonds is 7. The van der Waals surface area contributed by atoms with Crippen molar-refractivity contribution in [1.82, 2.24) is 4.90 Å². The smallest absolute Gasteiger partial charge is 0.231 e. The predicted molar refractivity (Wildman–Crippen MR) is 95.7 cm³/mol. The Hall–Kier alpha value is -2.18. The third-order valence-corrected chi connectivity index (χ3v) is 4.83. The standard InChI is InChI=1S/C20H25NO5/c1-14-5-6-17(26-14)12-21(11-16-4-3-7-23-16)10-15-8-19-20(25-13-24-19)9-18(15)22-2/h5-6,8-9,16H,3-4,7,10-13H2,1-2H3. The molecule has 0 spiro atoms. The molecule has 0 aliphatic carbocycles. The van der Waals surface area contributed by atoms with Crippen molar-refractivity contribution in [2.24, 2.45) is 0 Å². The lowest BCUT2D eigenvalue weighted by molar-refractivity contribution is 0.0651. The SMILES string of the molecule is COc1cc2c(cc1CN(Cc1ccc(C)o1)CC1CCCO1)OCO2. The van der Waals surface area contributed by atoms with Crippen molar-refractivity contribution in [2.45, 2.75) is 39.0 Å². The fraction of sp³-hybridized carbons (Fsp3) is 0.500. The zero-order valence-electron chi connectivity index (χ0n) is 15.3. The van der Waals surface area contributed by atoms with E-state index in [0.29, 0.717) is 0 Å². The Morgan fingerprint density at radius 3 is 2.69 bits per heavy atom. The minimum atomic E-state index is 0.257. The summed E-state index contributed by atoms with van der Waals surface area (Å²) in [6.45, 7) is 5.38. The maximum atomic E-state index is 5.85. The molecule has 140 valence electrons. The molecule has 1 atom stereocenters. The maximum Gasteiger partial charge on any atom is 0.231 e. The van der Waals surface area contributed by atoms with E-state index in [4.69, 9.17) is 23.4 Å². The van der Waals surface area contributed by atoms with Crippen LogP contribution in [0.4, 0.5) is 0 Å². The van der Waals surface area contributed by atoms with Gasteiger partial charge in [0, 0.05) is 31.3 Å². The Morgan fingerprint density at radius 2 is 2.00 bits per heavy atom. The van der Waals surface area contributed by atoms with Crippen LogP contribution < -0.4 is 14.2 Å². The first-order chi connectivity index (χ1) is 12.7. The highest BCUT2D eigenvalue weighted by Gasteiger charge is 2.23. The van der Waals surface area contributed by atoms with Crippen LogP contribution in [0.1, 0.15) is 29.9 Å². The van der Waals surface area contributed by atoms with Crippen LogP contribution in [0.15, 0.2) is 28.7 Å². The second-order valence-electron chi connectivity index (χ2n) is 6.83. The van der Waals surface area contributed by atoms with Gasteiger partial charge < -0.3 is 23.4 Å². The van der Waals surface area contributed by atoms with Crippen LogP contribution in [0.5, 0.6) is 17.2 Å². The van der Waals surface area contributed by atoms with Crippen molar-refractivity contribution in [3.63, 3.8) is 0 Å². The van der Waals surface area contributed by atoms with Crippen molar-refractivity contribution >= 4 is 0 Å². The van der Waals surface area contributed by atoms with Gasteiger partial charge in [0.1, 0.15) is 17.3 Å². The van der Waals surface area contributed by atoms with E-state index in [1.807, 2.05) is 31.2 Å². The lowest BCUT2D eigenvalue weighted by atomic mass is 10.1. The Bertz CT molecular complexity index is 751. The van der Waals surface area contributed by atoms with Crippen LogP contribution >= 0.6 is 0 Å². The third-order valence-electron chi connectivity index (χ3n) is 4.83. The fourth-order valence-electron chi connectivity index (χ4n) is 3.57. The number of hydrogen-bond acceptors (Lipinski definition) is 6. The van der Waals surface area contributed by atoms with Gasteiger partial charge in [-0.3, -0.25) is 4.90 Å². The summed E-state index contributed by atoms with van der Waals surface area (Å²) in [6.07, 6.45) is 2.50. The molecule has 0 amide bonds. The molecule has 0 bridgehead atoms. The topological polar surface area (TPSA) is 53.3 Å². The van der Waals surface area contributed by atoms with Crippen molar-refractivity contribution in [3.05, 3.63) is 41.3 Å². The molecule has 1 aromatic heterocycles. The lowest BCUT2D eigenvalue weighted by Gasteiger charge is -2.25. The molecule has 2 aliphatic heterocycles. The number of ether oxygens (including phenoxy) is 4. The lowest BCUT2D eigenvalue weighted by Crippen LogP contribution is -2.31. The second kappa shape index (κ2) is 7.60. The molecule has 6 nitrogen and oxygen atoms in total. The summed E-state index contributed by atoms with van der Waals surface area (Å²) >= 11 is 0. The van der Waals surface area contributed by atoms with E-state index in [-0.39, 0.29) is 12.9 Å². The van der Waals surface area contributed by atoms with E-state index in [1.165, 1.54) is 0 Å². The molecule has 26 heavy (non-hydrogen) atoms. The number of benzene rings is 1. The van der Waals surface area contributed by atoms with Crippen LogP contribution in [0.3, 0.4) is 0 Å². The van der Waals surface area contributed by atoms with Crippen molar-refractivity contribution in [3.8, 4) is 17.2 Å². The summed E-state index contributed by atoms with van der Waals surface area (Å²) in [6, 6.07) is 7.95. The number of aryl methyl sites for hydroxylation is 1. The van der Waals surface area contributed by atoms with E-state index in [1.54, 1.807) is 7.11 Å². The molecule has 0 N–H and O–H groups in total. The van der Waals surface area contributed by atoms with Crippen LogP contribution in [-0.4, -0.2) is 38.1 Å². The number of nitrogens with zero attached hydrogens (tertiary/aromatic N) is 1. The largest absolute Gasteiger partial charge is 0.496 e. The number of methoxy groups -OCH3 is 1. The summed E-state index contributed by atoms with van der Waals surface area (Å²) in [5.74, 6) is 4.20. The number of fused-ring (bicyclic) bond motifs is 1. The molecular weight excluding hydrogens is 334 g/mol. The van der Waals surface area contributed by atoms with Gasteiger partial charge in [-0.25, -0.2) is 0 Å². The first kappa shape index (κ1) is 17.2. The molecule has 1 fully saturated rings. The monoisotopic (exact) mass is 359 g/mol.